The second-order valence-electron chi connectivity index (χ2n) is 2.85. The molecule has 0 unspecified atom stereocenters. The highest BCUT2D eigenvalue weighted by Crippen LogP contribution is 2.29. The third-order valence-electron chi connectivity index (χ3n) is 2.04. The first kappa shape index (κ1) is 8.43. The number of nitrogen functional groups attached to an aromatic ring is 1. The van der Waals surface area contributed by atoms with Crippen molar-refractivity contribution in [3.8, 4) is 0 Å². The predicted octanol–water partition coefficient (Wildman–Crippen LogP) is 1.73. The van der Waals surface area contributed by atoms with Gasteiger partial charge in [-0.25, -0.2) is 0 Å². The zero-order valence-corrected chi connectivity index (χ0v) is 7.18. The van der Waals surface area contributed by atoms with Crippen LogP contribution in [0, 0.1) is 10.1 Å². The minimum atomic E-state index is -0.491. The van der Waals surface area contributed by atoms with Crippen LogP contribution in [0.3, 0.4) is 0 Å². The largest absolute Gasteiger partial charge is 0.393 e. The van der Waals surface area contributed by atoms with Crippen LogP contribution in [0.5, 0.6) is 0 Å². The summed E-state index contributed by atoms with van der Waals surface area (Å²) in [6.07, 6.45) is 3.18. The summed E-state index contributed by atoms with van der Waals surface area (Å²) in [7, 11) is 0. The van der Waals surface area contributed by atoms with Gasteiger partial charge in [-0.3, -0.25) is 15.1 Å². The van der Waals surface area contributed by atoms with Crippen molar-refractivity contribution in [1.82, 2.24) is 4.98 Å². The average Bonchev–Trinajstić information content (AvgIpc) is 2.18. The van der Waals surface area contributed by atoms with E-state index in [1.54, 1.807) is 24.5 Å². The first-order valence-corrected chi connectivity index (χ1v) is 3.97. The molecule has 0 bridgehead atoms. The molecule has 1 heterocycles. The lowest BCUT2D eigenvalue weighted by atomic mass is 10.1. The SMILES string of the molecule is Nc1c([N+](=O)[O-])ccc2cnccc12. The van der Waals surface area contributed by atoms with Gasteiger partial charge in [-0.15, -0.1) is 0 Å². The molecule has 0 saturated carbocycles. The van der Waals surface area contributed by atoms with Gasteiger partial charge in [0.2, 0.25) is 0 Å². The monoisotopic (exact) mass is 189 g/mol. The Kier molecular flexibility index (Phi) is 1.78. The van der Waals surface area contributed by atoms with Crippen molar-refractivity contribution in [2.75, 3.05) is 5.73 Å². The fraction of sp³-hybridized carbons (Fsp3) is 0. The number of benzene rings is 1. The molecule has 2 N–H and O–H groups in total. The fourth-order valence-electron chi connectivity index (χ4n) is 1.34. The summed E-state index contributed by atoms with van der Waals surface area (Å²) in [5.41, 5.74) is 5.77. The summed E-state index contributed by atoms with van der Waals surface area (Å²) in [5, 5.41) is 12.0. The minimum Gasteiger partial charge on any atom is -0.393 e. The highest BCUT2D eigenvalue weighted by atomic mass is 16.6. The van der Waals surface area contributed by atoms with E-state index >= 15 is 0 Å². The maximum absolute atomic E-state index is 10.6. The van der Waals surface area contributed by atoms with Gasteiger partial charge in [0, 0.05) is 29.2 Å². The van der Waals surface area contributed by atoms with E-state index in [0.29, 0.717) is 5.39 Å². The van der Waals surface area contributed by atoms with Crippen LogP contribution in [0.15, 0.2) is 30.6 Å². The van der Waals surface area contributed by atoms with Gasteiger partial charge in [0.05, 0.1) is 4.92 Å². The van der Waals surface area contributed by atoms with Gasteiger partial charge in [-0.1, -0.05) is 0 Å². The van der Waals surface area contributed by atoms with Gasteiger partial charge >= 0.3 is 0 Å². The topological polar surface area (TPSA) is 82.0 Å². The van der Waals surface area contributed by atoms with Crippen LogP contribution in [0.25, 0.3) is 10.8 Å². The van der Waals surface area contributed by atoms with Crippen molar-refractivity contribution in [2.24, 2.45) is 0 Å². The number of hydrogen-bond donors (Lipinski definition) is 1. The zero-order chi connectivity index (χ0) is 10.1. The van der Waals surface area contributed by atoms with E-state index in [2.05, 4.69) is 4.98 Å². The van der Waals surface area contributed by atoms with Gasteiger partial charge < -0.3 is 5.73 Å². The number of rotatable bonds is 1. The molecule has 5 nitrogen and oxygen atoms in total. The number of aromatic nitrogens is 1. The van der Waals surface area contributed by atoms with Crippen molar-refractivity contribution >= 4 is 22.1 Å². The second-order valence-corrected chi connectivity index (χ2v) is 2.85. The number of nitrogens with zero attached hydrogens (tertiary/aromatic N) is 2. The molecule has 0 saturated heterocycles. The van der Waals surface area contributed by atoms with Crippen LogP contribution in [-0.2, 0) is 0 Å². The molecule has 0 fully saturated rings. The summed E-state index contributed by atoms with van der Waals surface area (Å²) in [5.74, 6) is 0. The Bertz CT molecular complexity index is 510. The number of pyridine rings is 1. The zero-order valence-electron chi connectivity index (χ0n) is 7.18. The molecule has 1 aromatic carbocycles. The predicted molar refractivity (Wildman–Crippen MR) is 52.8 cm³/mol. The smallest absolute Gasteiger partial charge is 0.292 e. The Labute approximate surface area is 79.3 Å². The van der Waals surface area contributed by atoms with Gasteiger partial charge in [0.15, 0.2) is 0 Å². The lowest BCUT2D eigenvalue weighted by Gasteiger charge is -2.01. The van der Waals surface area contributed by atoms with Gasteiger partial charge in [-0.05, 0) is 12.1 Å². The number of nitro groups is 1. The van der Waals surface area contributed by atoms with Gasteiger partial charge in [-0.2, -0.15) is 0 Å². The quantitative estimate of drug-likeness (QED) is 0.420. The van der Waals surface area contributed by atoms with Crippen LogP contribution < -0.4 is 5.73 Å². The molecular formula is C9H7N3O2. The third-order valence-corrected chi connectivity index (χ3v) is 2.04. The van der Waals surface area contributed by atoms with Crippen LogP contribution in [0.1, 0.15) is 0 Å². The van der Waals surface area contributed by atoms with E-state index in [1.165, 1.54) is 6.07 Å². The number of fused-ring (bicyclic) bond motifs is 1. The Morgan fingerprint density at radius 1 is 1.36 bits per heavy atom. The number of anilines is 1. The summed E-state index contributed by atoms with van der Waals surface area (Å²) < 4.78 is 0. The van der Waals surface area contributed by atoms with E-state index < -0.39 is 4.92 Å². The molecule has 0 amide bonds. The summed E-state index contributed by atoms with van der Waals surface area (Å²) in [6.45, 7) is 0. The summed E-state index contributed by atoms with van der Waals surface area (Å²) in [6, 6.07) is 4.69. The molecule has 2 aromatic rings. The lowest BCUT2D eigenvalue weighted by molar-refractivity contribution is -0.383. The molecular weight excluding hydrogens is 182 g/mol. The normalized spacial score (nSPS) is 10.3. The van der Waals surface area contributed by atoms with Crippen molar-refractivity contribution in [2.45, 2.75) is 0 Å². The third kappa shape index (κ3) is 1.15. The molecule has 2 rings (SSSR count). The number of nitro benzene ring substituents is 1. The standard InChI is InChI=1S/C9H7N3O2/c10-9-7-3-4-11-5-6(7)1-2-8(9)12(13)14/h1-5H,10H2. The summed E-state index contributed by atoms with van der Waals surface area (Å²) in [4.78, 5) is 14.0. The Hall–Kier alpha value is -2.17. The molecule has 1 aromatic heterocycles. The second kappa shape index (κ2) is 2.95. The molecule has 0 aliphatic carbocycles. The van der Waals surface area contributed by atoms with Crippen LogP contribution in [0.2, 0.25) is 0 Å². The highest BCUT2D eigenvalue weighted by Gasteiger charge is 2.13. The van der Waals surface area contributed by atoms with E-state index in [4.69, 9.17) is 5.73 Å². The maximum atomic E-state index is 10.6. The molecule has 14 heavy (non-hydrogen) atoms. The fourth-order valence-corrected chi connectivity index (χ4v) is 1.34. The van der Waals surface area contributed by atoms with Crippen LogP contribution >= 0.6 is 0 Å². The number of nitrogens with two attached hydrogens (primary N) is 1. The number of hydrogen-bond acceptors (Lipinski definition) is 4. The van der Waals surface area contributed by atoms with E-state index in [-0.39, 0.29) is 11.4 Å². The Morgan fingerprint density at radius 2 is 2.14 bits per heavy atom. The van der Waals surface area contributed by atoms with Crippen molar-refractivity contribution in [3.63, 3.8) is 0 Å². The van der Waals surface area contributed by atoms with Crippen LogP contribution in [-0.4, -0.2) is 9.91 Å². The summed E-state index contributed by atoms with van der Waals surface area (Å²) >= 11 is 0. The maximum Gasteiger partial charge on any atom is 0.292 e. The Morgan fingerprint density at radius 3 is 2.86 bits per heavy atom. The van der Waals surface area contributed by atoms with Gasteiger partial charge in [0.1, 0.15) is 5.69 Å². The van der Waals surface area contributed by atoms with Gasteiger partial charge in [0.25, 0.3) is 5.69 Å². The molecule has 0 aliphatic rings. The first-order chi connectivity index (χ1) is 6.70. The molecule has 70 valence electrons. The van der Waals surface area contributed by atoms with Crippen molar-refractivity contribution in [1.29, 1.82) is 0 Å². The average molecular weight is 189 g/mol. The molecule has 0 spiro atoms. The van der Waals surface area contributed by atoms with E-state index in [1.807, 2.05) is 0 Å². The Balaban J connectivity index is 2.81. The molecule has 5 heteroatoms. The highest BCUT2D eigenvalue weighted by molar-refractivity contribution is 5.96. The van der Waals surface area contributed by atoms with E-state index in [9.17, 15) is 10.1 Å². The van der Waals surface area contributed by atoms with Crippen molar-refractivity contribution < 1.29 is 4.92 Å². The first-order valence-electron chi connectivity index (χ1n) is 3.97. The minimum absolute atomic E-state index is 0.0660. The van der Waals surface area contributed by atoms with E-state index in [0.717, 1.165) is 5.39 Å². The lowest BCUT2D eigenvalue weighted by Crippen LogP contribution is -1.96. The van der Waals surface area contributed by atoms with Crippen LogP contribution in [0.4, 0.5) is 11.4 Å². The molecule has 0 radical (unpaired) electrons. The van der Waals surface area contributed by atoms with Crippen molar-refractivity contribution in [3.05, 3.63) is 40.7 Å². The molecule has 0 aliphatic heterocycles. The molecule has 0 atom stereocenters.